The lowest BCUT2D eigenvalue weighted by Crippen LogP contribution is -2.19. The van der Waals surface area contributed by atoms with Crippen molar-refractivity contribution in [2.45, 2.75) is 52.5 Å². The number of nitrogens with one attached hydrogen (secondary N) is 1. The summed E-state index contributed by atoms with van der Waals surface area (Å²) >= 11 is 1.97. The lowest BCUT2D eigenvalue weighted by atomic mass is 10.1. The Hall–Kier alpha value is -0.340. The molecular weight excluding hydrogens is 202 g/mol. The van der Waals surface area contributed by atoms with Crippen molar-refractivity contribution in [2.75, 3.05) is 6.54 Å². The van der Waals surface area contributed by atoms with Crippen molar-refractivity contribution in [1.82, 2.24) is 5.32 Å². The average molecular weight is 225 g/mol. The first-order chi connectivity index (χ1) is 7.31. The SMILES string of the molecule is CCCCC(NCC)c1ccc(CC)s1. The monoisotopic (exact) mass is 225 g/mol. The Balaban J connectivity index is 2.60. The predicted octanol–water partition coefficient (Wildman–Crippen LogP) is 4.15. The van der Waals surface area contributed by atoms with E-state index in [-0.39, 0.29) is 0 Å². The average Bonchev–Trinajstić information content (AvgIpc) is 2.72. The van der Waals surface area contributed by atoms with Crippen LogP contribution in [0.25, 0.3) is 0 Å². The molecule has 0 bridgehead atoms. The molecule has 1 nitrogen and oxygen atoms in total. The topological polar surface area (TPSA) is 12.0 Å². The summed E-state index contributed by atoms with van der Waals surface area (Å²) in [6.07, 6.45) is 5.04. The second kappa shape index (κ2) is 7.02. The molecule has 1 rings (SSSR count). The van der Waals surface area contributed by atoms with Crippen LogP contribution in [0.2, 0.25) is 0 Å². The maximum absolute atomic E-state index is 3.58. The molecule has 1 atom stereocenters. The predicted molar refractivity (Wildman–Crippen MR) is 69.6 cm³/mol. The molecule has 1 N–H and O–H groups in total. The van der Waals surface area contributed by atoms with E-state index in [0.29, 0.717) is 6.04 Å². The van der Waals surface area contributed by atoms with Crippen LogP contribution < -0.4 is 5.32 Å². The molecule has 1 heterocycles. The van der Waals surface area contributed by atoms with Crippen LogP contribution in [0.15, 0.2) is 12.1 Å². The van der Waals surface area contributed by atoms with E-state index < -0.39 is 0 Å². The van der Waals surface area contributed by atoms with Gasteiger partial charge >= 0.3 is 0 Å². The molecule has 86 valence electrons. The van der Waals surface area contributed by atoms with Gasteiger partial charge in [-0.1, -0.05) is 33.6 Å². The molecule has 0 aromatic carbocycles. The summed E-state index contributed by atoms with van der Waals surface area (Å²) in [4.78, 5) is 3.02. The summed E-state index contributed by atoms with van der Waals surface area (Å²) < 4.78 is 0. The van der Waals surface area contributed by atoms with Gasteiger partial charge in [0.1, 0.15) is 0 Å². The molecule has 0 saturated heterocycles. The fourth-order valence-electron chi connectivity index (χ4n) is 1.77. The van der Waals surface area contributed by atoms with E-state index >= 15 is 0 Å². The van der Waals surface area contributed by atoms with E-state index in [0.717, 1.165) is 13.0 Å². The minimum absolute atomic E-state index is 0.584. The Morgan fingerprint density at radius 1 is 1.27 bits per heavy atom. The number of aryl methyl sites for hydroxylation is 1. The van der Waals surface area contributed by atoms with Crippen molar-refractivity contribution in [2.24, 2.45) is 0 Å². The lowest BCUT2D eigenvalue weighted by molar-refractivity contribution is 0.501. The second-order valence-corrected chi connectivity index (χ2v) is 5.11. The van der Waals surface area contributed by atoms with Crippen LogP contribution >= 0.6 is 11.3 Å². The molecule has 0 saturated carbocycles. The number of rotatable bonds is 7. The third-order valence-corrected chi connectivity index (χ3v) is 4.01. The molecule has 1 aromatic heterocycles. The normalized spacial score (nSPS) is 13.0. The first-order valence-corrected chi connectivity index (χ1v) is 6.95. The third-order valence-electron chi connectivity index (χ3n) is 2.67. The fraction of sp³-hybridized carbons (Fsp3) is 0.692. The number of hydrogen-bond acceptors (Lipinski definition) is 2. The molecule has 0 amide bonds. The van der Waals surface area contributed by atoms with Gasteiger partial charge in [-0.3, -0.25) is 0 Å². The fourth-order valence-corrected chi connectivity index (χ4v) is 2.83. The highest BCUT2D eigenvalue weighted by Gasteiger charge is 2.11. The van der Waals surface area contributed by atoms with Gasteiger partial charge in [-0.15, -0.1) is 11.3 Å². The maximum Gasteiger partial charge on any atom is 0.0414 e. The number of thiophene rings is 1. The van der Waals surface area contributed by atoms with E-state index in [2.05, 4.69) is 38.2 Å². The van der Waals surface area contributed by atoms with E-state index in [1.165, 1.54) is 29.0 Å². The highest BCUT2D eigenvalue weighted by molar-refractivity contribution is 7.12. The quantitative estimate of drug-likeness (QED) is 0.735. The Morgan fingerprint density at radius 3 is 2.60 bits per heavy atom. The van der Waals surface area contributed by atoms with Crippen LogP contribution in [0.3, 0.4) is 0 Å². The third kappa shape index (κ3) is 3.96. The van der Waals surface area contributed by atoms with Gasteiger partial charge in [0.05, 0.1) is 0 Å². The molecule has 0 aliphatic carbocycles. The van der Waals surface area contributed by atoms with Crippen molar-refractivity contribution in [3.8, 4) is 0 Å². The van der Waals surface area contributed by atoms with Gasteiger partial charge in [0.25, 0.3) is 0 Å². The molecule has 15 heavy (non-hydrogen) atoms. The summed E-state index contributed by atoms with van der Waals surface area (Å²) in [7, 11) is 0. The largest absolute Gasteiger partial charge is 0.310 e. The highest BCUT2D eigenvalue weighted by atomic mass is 32.1. The van der Waals surface area contributed by atoms with Crippen LogP contribution in [0.5, 0.6) is 0 Å². The summed E-state index contributed by atoms with van der Waals surface area (Å²) in [5.74, 6) is 0. The minimum Gasteiger partial charge on any atom is -0.310 e. The second-order valence-electron chi connectivity index (χ2n) is 3.91. The number of hydrogen-bond donors (Lipinski definition) is 1. The van der Waals surface area contributed by atoms with Crippen molar-refractivity contribution in [1.29, 1.82) is 0 Å². The van der Waals surface area contributed by atoms with Gasteiger partial charge in [-0.05, 0) is 31.5 Å². The van der Waals surface area contributed by atoms with Crippen molar-refractivity contribution >= 4 is 11.3 Å². The molecule has 0 aliphatic rings. The molecule has 0 fully saturated rings. The van der Waals surface area contributed by atoms with E-state index in [1.54, 1.807) is 0 Å². The summed E-state index contributed by atoms with van der Waals surface area (Å²) in [5.41, 5.74) is 0. The van der Waals surface area contributed by atoms with Crippen LogP contribution in [0.4, 0.5) is 0 Å². The minimum atomic E-state index is 0.584. The van der Waals surface area contributed by atoms with Crippen LogP contribution in [-0.4, -0.2) is 6.54 Å². The van der Waals surface area contributed by atoms with Crippen molar-refractivity contribution in [3.63, 3.8) is 0 Å². The van der Waals surface area contributed by atoms with Crippen LogP contribution in [-0.2, 0) is 6.42 Å². The van der Waals surface area contributed by atoms with E-state index in [9.17, 15) is 0 Å². The molecule has 1 unspecified atom stereocenters. The van der Waals surface area contributed by atoms with Gasteiger partial charge < -0.3 is 5.32 Å². The Bertz CT molecular complexity index is 267. The first kappa shape index (κ1) is 12.7. The zero-order chi connectivity index (χ0) is 11.1. The smallest absolute Gasteiger partial charge is 0.0414 e. The Labute approximate surface area is 97.9 Å². The van der Waals surface area contributed by atoms with E-state index in [1.807, 2.05) is 11.3 Å². The molecular formula is C13H23NS. The lowest BCUT2D eigenvalue weighted by Gasteiger charge is -2.15. The van der Waals surface area contributed by atoms with Gasteiger partial charge in [0, 0.05) is 15.8 Å². The molecule has 1 aromatic rings. The van der Waals surface area contributed by atoms with Crippen LogP contribution in [0, 0.1) is 0 Å². The molecule has 0 aliphatic heterocycles. The number of unbranched alkanes of at least 4 members (excludes halogenated alkanes) is 1. The van der Waals surface area contributed by atoms with Crippen LogP contribution in [0.1, 0.15) is 55.8 Å². The Kier molecular flexibility index (Phi) is 5.96. The molecule has 2 heteroatoms. The Morgan fingerprint density at radius 2 is 2.07 bits per heavy atom. The van der Waals surface area contributed by atoms with Gasteiger partial charge in [-0.25, -0.2) is 0 Å². The zero-order valence-corrected chi connectivity index (χ0v) is 11.0. The highest BCUT2D eigenvalue weighted by Crippen LogP contribution is 2.27. The molecule has 0 spiro atoms. The van der Waals surface area contributed by atoms with Gasteiger partial charge in [0.2, 0.25) is 0 Å². The molecule has 0 radical (unpaired) electrons. The summed E-state index contributed by atoms with van der Waals surface area (Å²) in [5, 5.41) is 3.58. The van der Waals surface area contributed by atoms with Crippen molar-refractivity contribution in [3.05, 3.63) is 21.9 Å². The van der Waals surface area contributed by atoms with Gasteiger partial charge in [-0.2, -0.15) is 0 Å². The zero-order valence-electron chi connectivity index (χ0n) is 10.2. The first-order valence-electron chi connectivity index (χ1n) is 6.13. The summed E-state index contributed by atoms with van der Waals surface area (Å²) in [6, 6.07) is 5.16. The van der Waals surface area contributed by atoms with E-state index in [4.69, 9.17) is 0 Å². The summed E-state index contributed by atoms with van der Waals surface area (Å²) in [6.45, 7) is 7.74. The maximum atomic E-state index is 3.58. The van der Waals surface area contributed by atoms with Gasteiger partial charge in [0.15, 0.2) is 0 Å². The van der Waals surface area contributed by atoms with Crippen molar-refractivity contribution < 1.29 is 0 Å². The standard InChI is InChI=1S/C13H23NS/c1-4-7-8-12(14-6-3)13-10-9-11(5-2)15-13/h9-10,12,14H,4-8H2,1-3H3.